The number of nitrogens with one attached hydrogen (secondary N) is 2. The van der Waals surface area contributed by atoms with Crippen molar-refractivity contribution < 1.29 is 9.59 Å². The normalized spacial score (nSPS) is 10.5. The Labute approximate surface area is 118 Å². The predicted octanol–water partition coefficient (Wildman–Crippen LogP) is 2.05. The van der Waals surface area contributed by atoms with Gasteiger partial charge in [-0.05, 0) is 39.9 Å². The minimum absolute atomic E-state index is 0.0472. The summed E-state index contributed by atoms with van der Waals surface area (Å²) in [6.07, 6.45) is 1.46. The number of carbonyl (C=O) groups is 2. The third kappa shape index (κ3) is 5.53. The molecule has 0 fully saturated rings. The second-order valence-corrected chi connectivity index (χ2v) is 6.02. The minimum atomic E-state index is -0.0472. The molecule has 0 aromatic carbocycles. The van der Waals surface area contributed by atoms with E-state index in [0.717, 1.165) is 28.3 Å². The molecular weight excluding hydrogens is 260 g/mol. The van der Waals surface area contributed by atoms with Crippen LogP contribution in [0.1, 0.15) is 39.4 Å². The Kier molecular flexibility index (Phi) is 6.73. The zero-order valence-corrected chi connectivity index (χ0v) is 12.7. The molecule has 1 aromatic rings. The Bertz CT molecular complexity index is 441. The predicted molar refractivity (Wildman–Crippen MR) is 78.9 cm³/mol. The molecule has 0 saturated heterocycles. The lowest BCUT2D eigenvalue weighted by Gasteiger charge is -2.04. The van der Waals surface area contributed by atoms with Crippen LogP contribution in [-0.2, 0) is 4.79 Å². The number of rotatable bonds is 8. The van der Waals surface area contributed by atoms with Crippen LogP contribution in [0.4, 0.5) is 0 Å². The summed E-state index contributed by atoms with van der Waals surface area (Å²) in [7, 11) is 1.88. The van der Waals surface area contributed by atoms with E-state index >= 15 is 0 Å². The van der Waals surface area contributed by atoms with E-state index in [0.29, 0.717) is 6.54 Å². The van der Waals surface area contributed by atoms with Gasteiger partial charge in [-0.15, -0.1) is 11.3 Å². The molecule has 0 unspecified atom stereocenters. The van der Waals surface area contributed by atoms with E-state index in [2.05, 4.69) is 10.6 Å². The van der Waals surface area contributed by atoms with Crippen LogP contribution in [0.15, 0.2) is 6.07 Å². The summed E-state index contributed by atoms with van der Waals surface area (Å²) in [6, 6.07) is 1.91. The molecule has 19 heavy (non-hydrogen) atoms. The van der Waals surface area contributed by atoms with Gasteiger partial charge in [0.25, 0.3) is 0 Å². The lowest BCUT2D eigenvalue weighted by atomic mass is 10.1. The van der Waals surface area contributed by atoms with Crippen LogP contribution in [0.25, 0.3) is 0 Å². The lowest BCUT2D eigenvalue weighted by molar-refractivity contribution is -0.121. The molecule has 2 N–H and O–H groups in total. The fraction of sp³-hybridized carbons (Fsp3) is 0.571. The number of Topliss-reactive ketones (excluding diaryl/α,β-unsaturated/α-hetero) is 1. The van der Waals surface area contributed by atoms with Crippen LogP contribution >= 0.6 is 11.3 Å². The topological polar surface area (TPSA) is 58.2 Å². The largest absolute Gasteiger partial charge is 0.356 e. The van der Waals surface area contributed by atoms with Crippen molar-refractivity contribution in [3.05, 3.63) is 21.4 Å². The van der Waals surface area contributed by atoms with Crippen molar-refractivity contribution in [3.63, 3.8) is 0 Å². The van der Waals surface area contributed by atoms with E-state index in [1.807, 2.05) is 27.0 Å². The van der Waals surface area contributed by atoms with E-state index < -0.39 is 0 Å². The molecule has 1 amide bonds. The molecule has 0 saturated carbocycles. The average Bonchev–Trinajstić information content (AvgIpc) is 2.71. The molecule has 4 nitrogen and oxygen atoms in total. The van der Waals surface area contributed by atoms with Crippen molar-refractivity contribution in [2.45, 2.75) is 33.1 Å². The minimum Gasteiger partial charge on any atom is -0.356 e. The molecule has 0 spiro atoms. The monoisotopic (exact) mass is 282 g/mol. The van der Waals surface area contributed by atoms with Crippen LogP contribution < -0.4 is 10.6 Å². The Morgan fingerprint density at radius 2 is 1.95 bits per heavy atom. The maximum atomic E-state index is 12.0. The van der Waals surface area contributed by atoms with Crippen LogP contribution in [0, 0.1) is 13.8 Å². The maximum absolute atomic E-state index is 12.0. The van der Waals surface area contributed by atoms with Crippen LogP contribution in [0.2, 0.25) is 0 Å². The van der Waals surface area contributed by atoms with Crippen molar-refractivity contribution in [2.75, 3.05) is 20.1 Å². The molecule has 0 atom stereocenters. The average molecular weight is 282 g/mol. The van der Waals surface area contributed by atoms with E-state index in [9.17, 15) is 9.59 Å². The van der Waals surface area contributed by atoms with Gasteiger partial charge >= 0.3 is 0 Å². The number of thiophene rings is 1. The molecular formula is C14H22N2O2S. The number of aryl methyl sites for hydroxylation is 2. The molecule has 106 valence electrons. The zero-order valence-electron chi connectivity index (χ0n) is 11.8. The second kappa shape index (κ2) is 8.07. The van der Waals surface area contributed by atoms with E-state index in [4.69, 9.17) is 0 Å². The van der Waals surface area contributed by atoms with Gasteiger partial charge in [-0.2, -0.15) is 0 Å². The SMILES string of the molecule is CNCCCNC(=O)CCC(=O)c1cc(C)sc1C. The van der Waals surface area contributed by atoms with E-state index in [-0.39, 0.29) is 24.5 Å². The molecule has 1 aromatic heterocycles. The van der Waals surface area contributed by atoms with Crippen molar-refractivity contribution in [3.8, 4) is 0 Å². The van der Waals surface area contributed by atoms with Gasteiger partial charge in [0.1, 0.15) is 0 Å². The number of ketones is 1. The Hall–Kier alpha value is -1.20. The first kappa shape index (κ1) is 15.9. The van der Waals surface area contributed by atoms with Crippen molar-refractivity contribution >= 4 is 23.0 Å². The first-order chi connectivity index (χ1) is 9.04. The third-order valence-electron chi connectivity index (χ3n) is 2.85. The first-order valence-electron chi connectivity index (χ1n) is 6.56. The van der Waals surface area contributed by atoms with E-state index in [1.165, 1.54) is 0 Å². The summed E-state index contributed by atoms with van der Waals surface area (Å²) in [6.45, 7) is 5.47. The Balaban J connectivity index is 2.30. The van der Waals surface area contributed by atoms with Gasteiger partial charge < -0.3 is 10.6 Å². The standard InChI is InChI=1S/C14H22N2O2S/c1-10-9-12(11(2)19-10)13(17)5-6-14(18)16-8-4-7-15-3/h9,15H,4-8H2,1-3H3,(H,16,18). The lowest BCUT2D eigenvalue weighted by Crippen LogP contribution is -2.26. The van der Waals surface area contributed by atoms with Gasteiger partial charge in [0.15, 0.2) is 5.78 Å². The number of carbonyl (C=O) groups excluding carboxylic acids is 2. The maximum Gasteiger partial charge on any atom is 0.220 e. The number of hydrogen-bond acceptors (Lipinski definition) is 4. The molecule has 0 aliphatic carbocycles. The third-order valence-corrected chi connectivity index (χ3v) is 3.81. The van der Waals surface area contributed by atoms with Crippen LogP contribution in [0.3, 0.4) is 0 Å². The van der Waals surface area contributed by atoms with Gasteiger partial charge in [-0.3, -0.25) is 9.59 Å². The van der Waals surface area contributed by atoms with Crippen molar-refractivity contribution in [1.82, 2.24) is 10.6 Å². The molecule has 5 heteroatoms. The highest BCUT2D eigenvalue weighted by Gasteiger charge is 2.13. The molecule has 0 radical (unpaired) electrons. The van der Waals surface area contributed by atoms with Gasteiger partial charge in [-0.25, -0.2) is 0 Å². The Morgan fingerprint density at radius 1 is 1.21 bits per heavy atom. The summed E-state index contributed by atoms with van der Waals surface area (Å²) in [5.74, 6) is 0.0151. The number of hydrogen-bond donors (Lipinski definition) is 2. The summed E-state index contributed by atoms with van der Waals surface area (Å²) in [5.41, 5.74) is 0.769. The highest BCUT2D eigenvalue weighted by Crippen LogP contribution is 2.22. The van der Waals surface area contributed by atoms with Gasteiger partial charge in [0.05, 0.1) is 0 Å². The second-order valence-electron chi connectivity index (χ2n) is 4.56. The van der Waals surface area contributed by atoms with Crippen molar-refractivity contribution in [2.24, 2.45) is 0 Å². The molecule has 0 bridgehead atoms. The zero-order chi connectivity index (χ0) is 14.3. The van der Waals surface area contributed by atoms with Gasteiger partial charge in [0, 0.05) is 34.7 Å². The molecule has 1 rings (SSSR count). The first-order valence-corrected chi connectivity index (χ1v) is 7.37. The number of amides is 1. The summed E-state index contributed by atoms with van der Waals surface area (Å²) >= 11 is 1.62. The highest BCUT2D eigenvalue weighted by molar-refractivity contribution is 7.12. The quantitative estimate of drug-likeness (QED) is 0.567. The van der Waals surface area contributed by atoms with Crippen LogP contribution in [0.5, 0.6) is 0 Å². The molecule has 0 aliphatic rings. The fourth-order valence-corrected chi connectivity index (χ4v) is 2.79. The van der Waals surface area contributed by atoms with E-state index in [1.54, 1.807) is 11.3 Å². The van der Waals surface area contributed by atoms with Gasteiger partial charge in [-0.1, -0.05) is 0 Å². The highest BCUT2D eigenvalue weighted by atomic mass is 32.1. The summed E-state index contributed by atoms with van der Waals surface area (Å²) < 4.78 is 0. The Morgan fingerprint density at radius 3 is 2.53 bits per heavy atom. The summed E-state index contributed by atoms with van der Waals surface area (Å²) in [5, 5.41) is 5.83. The molecule has 0 aliphatic heterocycles. The summed E-state index contributed by atoms with van der Waals surface area (Å²) in [4.78, 5) is 25.7. The van der Waals surface area contributed by atoms with Crippen molar-refractivity contribution in [1.29, 1.82) is 0 Å². The van der Waals surface area contributed by atoms with Gasteiger partial charge in [0.2, 0.25) is 5.91 Å². The smallest absolute Gasteiger partial charge is 0.220 e. The fourth-order valence-electron chi connectivity index (χ4n) is 1.85. The molecule has 1 heterocycles. The van der Waals surface area contributed by atoms with Crippen LogP contribution in [-0.4, -0.2) is 31.8 Å².